The quantitative estimate of drug-likeness (QED) is 0.743. The average Bonchev–Trinajstić information content (AvgIpc) is 2.78. The third kappa shape index (κ3) is 2.14. The van der Waals surface area contributed by atoms with Gasteiger partial charge in [-0.25, -0.2) is 9.80 Å². The lowest BCUT2D eigenvalue weighted by atomic mass is 10.2. The van der Waals surface area contributed by atoms with E-state index in [1.807, 2.05) is 12.1 Å². The summed E-state index contributed by atoms with van der Waals surface area (Å²) in [5, 5.41) is 10.0. The molecular formula is C10H10ClN3O2. The van der Waals surface area contributed by atoms with E-state index in [9.17, 15) is 4.79 Å². The summed E-state index contributed by atoms with van der Waals surface area (Å²) < 4.78 is 4.60. The molecule has 1 aliphatic heterocycles. The summed E-state index contributed by atoms with van der Waals surface area (Å²) in [6, 6.07) is 6.62. The van der Waals surface area contributed by atoms with Gasteiger partial charge in [0.1, 0.15) is 0 Å². The number of nitrogens with zero attached hydrogens (tertiary/aromatic N) is 3. The van der Waals surface area contributed by atoms with Crippen LogP contribution in [0.15, 0.2) is 34.6 Å². The summed E-state index contributed by atoms with van der Waals surface area (Å²) in [6.07, 6.45) is 0. The lowest BCUT2D eigenvalue weighted by Gasteiger charge is -2.12. The van der Waals surface area contributed by atoms with Crippen LogP contribution >= 0.6 is 11.6 Å². The Balaban J connectivity index is 2.07. The minimum Gasteiger partial charge on any atom is -0.467 e. The summed E-state index contributed by atoms with van der Waals surface area (Å²) in [5.74, 6) is -0.375. The molecule has 0 N–H and O–H groups in total. The van der Waals surface area contributed by atoms with Crippen LogP contribution in [0.2, 0.25) is 5.02 Å². The van der Waals surface area contributed by atoms with Crippen molar-refractivity contribution < 1.29 is 9.53 Å². The molecule has 0 saturated carbocycles. The van der Waals surface area contributed by atoms with Crippen LogP contribution in [-0.2, 0) is 9.53 Å². The van der Waals surface area contributed by atoms with Gasteiger partial charge in [0.2, 0.25) is 0 Å². The second-order valence-electron chi connectivity index (χ2n) is 3.30. The van der Waals surface area contributed by atoms with Crippen molar-refractivity contribution in [3.05, 3.63) is 29.3 Å². The van der Waals surface area contributed by atoms with E-state index in [0.717, 1.165) is 5.69 Å². The Bertz CT molecular complexity index is 419. The molecule has 1 atom stereocenters. The highest BCUT2D eigenvalue weighted by atomic mass is 35.5. The van der Waals surface area contributed by atoms with Gasteiger partial charge in [-0.2, -0.15) is 5.11 Å². The molecule has 0 amide bonds. The Morgan fingerprint density at radius 2 is 2.19 bits per heavy atom. The standard InChI is InChI=1S/C10H10ClN3O2/c1-16-10(15)9-6-14(13-12-9)8-4-2-7(11)3-5-8/h2-5,9H,6H2,1H3/t9-/m0/s1. The lowest BCUT2D eigenvalue weighted by molar-refractivity contribution is -0.141. The minimum absolute atomic E-state index is 0.375. The number of halogens is 1. The third-order valence-corrected chi connectivity index (χ3v) is 2.49. The summed E-state index contributed by atoms with van der Waals surface area (Å²) in [7, 11) is 1.34. The average molecular weight is 240 g/mol. The second kappa shape index (κ2) is 4.49. The van der Waals surface area contributed by atoms with Gasteiger partial charge in [-0.3, -0.25) is 0 Å². The number of hydrogen-bond acceptors (Lipinski definition) is 5. The molecule has 1 heterocycles. The van der Waals surface area contributed by atoms with Crippen molar-refractivity contribution in [2.24, 2.45) is 10.3 Å². The molecule has 6 heteroatoms. The van der Waals surface area contributed by atoms with Gasteiger partial charge in [0, 0.05) is 5.02 Å². The second-order valence-corrected chi connectivity index (χ2v) is 3.74. The molecule has 0 fully saturated rings. The molecule has 0 unspecified atom stereocenters. The lowest BCUT2D eigenvalue weighted by Crippen LogP contribution is -2.27. The molecule has 2 rings (SSSR count). The SMILES string of the molecule is COC(=O)[C@@H]1CN(c2ccc(Cl)cc2)N=N1. The molecule has 0 saturated heterocycles. The number of rotatable bonds is 2. The summed E-state index contributed by atoms with van der Waals surface area (Å²) in [5.41, 5.74) is 0.847. The monoisotopic (exact) mass is 239 g/mol. The van der Waals surface area contributed by atoms with Crippen LogP contribution in [-0.4, -0.2) is 25.7 Å². The van der Waals surface area contributed by atoms with Crippen molar-refractivity contribution in [2.45, 2.75) is 6.04 Å². The Labute approximate surface area is 97.6 Å². The highest BCUT2D eigenvalue weighted by Gasteiger charge is 2.27. The number of esters is 1. The van der Waals surface area contributed by atoms with Crippen LogP contribution in [0, 0.1) is 0 Å². The molecule has 0 aromatic heterocycles. The number of carbonyl (C=O) groups is 1. The van der Waals surface area contributed by atoms with Gasteiger partial charge >= 0.3 is 5.97 Å². The van der Waals surface area contributed by atoms with Crippen molar-refractivity contribution in [1.29, 1.82) is 0 Å². The highest BCUT2D eigenvalue weighted by Crippen LogP contribution is 2.22. The van der Waals surface area contributed by atoms with Crippen molar-refractivity contribution in [1.82, 2.24) is 0 Å². The smallest absolute Gasteiger partial charge is 0.334 e. The van der Waals surface area contributed by atoms with Crippen LogP contribution < -0.4 is 5.01 Å². The predicted molar refractivity (Wildman–Crippen MR) is 59.5 cm³/mol. The number of anilines is 1. The van der Waals surface area contributed by atoms with E-state index in [0.29, 0.717) is 11.6 Å². The van der Waals surface area contributed by atoms with Crippen molar-refractivity contribution in [3.8, 4) is 0 Å². The van der Waals surface area contributed by atoms with Gasteiger partial charge in [-0.05, 0) is 24.3 Å². The van der Waals surface area contributed by atoms with Gasteiger partial charge in [-0.1, -0.05) is 16.8 Å². The first-order valence-electron chi connectivity index (χ1n) is 4.72. The van der Waals surface area contributed by atoms with E-state index < -0.39 is 6.04 Å². The molecule has 0 bridgehead atoms. The molecule has 84 valence electrons. The maximum atomic E-state index is 11.2. The first kappa shape index (κ1) is 10.9. The molecule has 5 nitrogen and oxygen atoms in total. The van der Waals surface area contributed by atoms with Gasteiger partial charge < -0.3 is 4.74 Å². The number of carbonyl (C=O) groups excluding carboxylic acids is 1. The van der Waals surface area contributed by atoms with E-state index in [1.165, 1.54) is 7.11 Å². The maximum Gasteiger partial charge on any atom is 0.334 e. The normalized spacial score (nSPS) is 18.9. The van der Waals surface area contributed by atoms with Crippen LogP contribution in [0.3, 0.4) is 0 Å². The number of ether oxygens (including phenoxy) is 1. The van der Waals surface area contributed by atoms with E-state index >= 15 is 0 Å². The summed E-state index contributed by atoms with van der Waals surface area (Å²) in [4.78, 5) is 11.2. The van der Waals surface area contributed by atoms with Crippen LogP contribution in [0.1, 0.15) is 0 Å². The molecule has 1 aromatic rings. The zero-order chi connectivity index (χ0) is 11.5. The zero-order valence-corrected chi connectivity index (χ0v) is 9.39. The van der Waals surface area contributed by atoms with Gasteiger partial charge in [0.05, 0.1) is 19.3 Å². The fourth-order valence-corrected chi connectivity index (χ4v) is 1.52. The first-order valence-corrected chi connectivity index (χ1v) is 5.10. The van der Waals surface area contributed by atoms with Crippen LogP contribution in [0.5, 0.6) is 0 Å². The molecule has 1 aliphatic rings. The Morgan fingerprint density at radius 3 is 2.81 bits per heavy atom. The zero-order valence-electron chi connectivity index (χ0n) is 8.63. The fraction of sp³-hybridized carbons (Fsp3) is 0.300. The number of hydrogen-bond donors (Lipinski definition) is 0. The summed E-state index contributed by atoms with van der Waals surface area (Å²) >= 11 is 5.77. The van der Waals surface area contributed by atoms with E-state index in [-0.39, 0.29) is 5.97 Å². The Morgan fingerprint density at radius 1 is 1.50 bits per heavy atom. The largest absolute Gasteiger partial charge is 0.467 e. The molecule has 0 spiro atoms. The van der Waals surface area contributed by atoms with Crippen LogP contribution in [0.25, 0.3) is 0 Å². The van der Waals surface area contributed by atoms with Gasteiger partial charge in [-0.15, -0.1) is 0 Å². The molecule has 0 radical (unpaired) electrons. The fourth-order valence-electron chi connectivity index (χ4n) is 1.39. The van der Waals surface area contributed by atoms with Crippen molar-refractivity contribution in [2.75, 3.05) is 18.7 Å². The molecule has 0 aliphatic carbocycles. The van der Waals surface area contributed by atoms with E-state index in [2.05, 4.69) is 15.1 Å². The summed E-state index contributed by atoms with van der Waals surface area (Å²) in [6.45, 7) is 0.397. The topological polar surface area (TPSA) is 54.3 Å². The van der Waals surface area contributed by atoms with Gasteiger partial charge in [0.25, 0.3) is 0 Å². The van der Waals surface area contributed by atoms with Crippen LogP contribution in [0.4, 0.5) is 5.69 Å². The molecule has 16 heavy (non-hydrogen) atoms. The predicted octanol–water partition coefficient (Wildman–Crippen LogP) is 2.07. The Hall–Kier alpha value is -1.62. The van der Waals surface area contributed by atoms with E-state index in [1.54, 1.807) is 17.1 Å². The van der Waals surface area contributed by atoms with Crippen molar-refractivity contribution >= 4 is 23.3 Å². The number of benzene rings is 1. The van der Waals surface area contributed by atoms with Gasteiger partial charge in [0.15, 0.2) is 6.04 Å². The molecule has 1 aromatic carbocycles. The first-order chi connectivity index (χ1) is 7.70. The maximum absolute atomic E-state index is 11.2. The van der Waals surface area contributed by atoms with Crippen molar-refractivity contribution in [3.63, 3.8) is 0 Å². The highest BCUT2D eigenvalue weighted by molar-refractivity contribution is 6.30. The number of methoxy groups -OCH3 is 1. The Kier molecular flexibility index (Phi) is 3.05. The van der Waals surface area contributed by atoms with E-state index in [4.69, 9.17) is 11.6 Å². The third-order valence-electron chi connectivity index (χ3n) is 2.24. The minimum atomic E-state index is -0.541. The molecular weight excluding hydrogens is 230 g/mol.